The van der Waals surface area contributed by atoms with E-state index in [2.05, 4.69) is 10.2 Å². The number of carbonyl (C=O) groups excluding carboxylic acids is 4. The maximum atomic E-state index is 13.4. The maximum absolute atomic E-state index is 13.4. The quantitative estimate of drug-likeness (QED) is 0.398. The summed E-state index contributed by atoms with van der Waals surface area (Å²) in [6.45, 7) is 1.91. The minimum Gasteiger partial charge on any atom is -0.461 e. The van der Waals surface area contributed by atoms with E-state index < -0.39 is 11.9 Å². The van der Waals surface area contributed by atoms with E-state index in [0.717, 1.165) is 53.6 Å². The summed E-state index contributed by atoms with van der Waals surface area (Å²) in [7, 11) is 0. The largest absolute Gasteiger partial charge is 0.461 e. The molecule has 0 saturated carbocycles. The average Bonchev–Trinajstić information content (AvgIpc) is 3.22. The second kappa shape index (κ2) is 9.93. The van der Waals surface area contributed by atoms with Gasteiger partial charge in [0.05, 0.1) is 5.69 Å². The van der Waals surface area contributed by atoms with Gasteiger partial charge in [-0.1, -0.05) is 42.5 Å². The number of ether oxygens (including phenoxy) is 1. The van der Waals surface area contributed by atoms with E-state index in [1.54, 1.807) is 11.0 Å². The van der Waals surface area contributed by atoms with E-state index in [1.165, 1.54) is 0 Å². The average molecular weight is 512 g/mol. The lowest BCUT2D eigenvalue weighted by molar-refractivity contribution is -0.146. The zero-order valence-electron chi connectivity index (χ0n) is 21.0. The summed E-state index contributed by atoms with van der Waals surface area (Å²) in [5.74, 6) is -0.821. The number of nitrogens with zero attached hydrogens (tertiary/aromatic N) is 2. The van der Waals surface area contributed by atoms with Gasteiger partial charge < -0.3 is 9.64 Å². The molecule has 2 fully saturated rings. The van der Waals surface area contributed by atoms with Crippen LogP contribution in [0, 0.1) is 5.92 Å². The molecule has 0 spiro atoms. The normalized spacial score (nSPS) is 19.7. The van der Waals surface area contributed by atoms with Crippen molar-refractivity contribution >= 4 is 45.8 Å². The summed E-state index contributed by atoms with van der Waals surface area (Å²) in [5.41, 5.74) is 3.33. The molecule has 3 aliphatic rings. The Labute approximate surface area is 220 Å². The lowest BCUT2D eigenvalue weighted by Crippen LogP contribution is -2.53. The highest BCUT2D eigenvalue weighted by Gasteiger charge is 2.41. The molecule has 1 unspecified atom stereocenters. The standard InChI is InChI=1S/C30H29N3O5/c34-26-12-11-25(29(36)31-26)33-24-10-9-23(21-7-4-8-22(28(21)24)30(33)37)32-15-13-19(14-16-32)17-27(35)38-18-20-5-2-1-3-6-20/h1-10,19,25H,11-18H2,(H,31,34,36). The Morgan fingerprint density at radius 2 is 1.66 bits per heavy atom. The fraction of sp³-hybridized carbons (Fsp3) is 0.333. The van der Waals surface area contributed by atoms with Crippen molar-refractivity contribution in [3.8, 4) is 0 Å². The van der Waals surface area contributed by atoms with E-state index >= 15 is 0 Å². The van der Waals surface area contributed by atoms with Crippen molar-refractivity contribution in [1.29, 1.82) is 0 Å². The van der Waals surface area contributed by atoms with Gasteiger partial charge in [0.15, 0.2) is 0 Å². The maximum Gasteiger partial charge on any atom is 0.306 e. The number of imide groups is 1. The van der Waals surface area contributed by atoms with Gasteiger partial charge in [-0.2, -0.15) is 0 Å². The number of hydrogen-bond acceptors (Lipinski definition) is 6. The van der Waals surface area contributed by atoms with Gasteiger partial charge in [0.25, 0.3) is 5.91 Å². The van der Waals surface area contributed by atoms with E-state index in [-0.39, 0.29) is 30.1 Å². The van der Waals surface area contributed by atoms with Crippen LogP contribution >= 0.6 is 0 Å². The highest BCUT2D eigenvalue weighted by atomic mass is 16.5. The molecular weight excluding hydrogens is 482 g/mol. The second-order valence-corrected chi connectivity index (χ2v) is 10.3. The van der Waals surface area contributed by atoms with Gasteiger partial charge in [0.1, 0.15) is 12.6 Å². The predicted octanol–water partition coefficient (Wildman–Crippen LogP) is 3.96. The third-order valence-corrected chi connectivity index (χ3v) is 7.88. The van der Waals surface area contributed by atoms with Crippen molar-refractivity contribution in [3.63, 3.8) is 0 Å². The first-order valence-electron chi connectivity index (χ1n) is 13.2. The van der Waals surface area contributed by atoms with Gasteiger partial charge in [-0.25, -0.2) is 0 Å². The summed E-state index contributed by atoms with van der Waals surface area (Å²) >= 11 is 0. The van der Waals surface area contributed by atoms with Crippen LogP contribution in [0.25, 0.3) is 10.8 Å². The molecule has 3 aromatic rings. The van der Waals surface area contributed by atoms with Crippen LogP contribution in [0.2, 0.25) is 0 Å². The molecule has 3 aromatic carbocycles. The smallest absolute Gasteiger partial charge is 0.306 e. The van der Waals surface area contributed by atoms with E-state index in [0.29, 0.717) is 25.0 Å². The molecule has 2 saturated heterocycles. The number of amides is 3. The Bertz CT molecular complexity index is 1430. The van der Waals surface area contributed by atoms with Crippen LogP contribution in [0.1, 0.15) is 48.0 Å². The summed E-state index contributed by atoms with van der Waals surface area (Å²) in [5, 5.41) is 4.20. The number of hydrogen-bond donors (Lipinski definition) is 1. The number of rotatable bonds is 6. The molecule has 0 radical (unpaired) electrons. The minimum atomic E-state index is -0.695. The van der Waals surface area contributed by atoms with E-state index in [1.807, 2.05) is 54.6 Å². The number of esters is 1. The molecule has 0 aliphatic carbocycles. The van der Waals surface area contributed by atoms with Crippen molar-refractivity contribution in [2.75, 3.05) is 22.9 Å². The molecule has 3 heterocycles. The van der Waals surface area contributed by atoms with Crippen molar-refractivity contribution in [1.82, 2.24) is 5.32 Å². The number of carbonyl (C=O) groups is 4. The fourth-order valence-electron chi connectivity index (χ4n) is 5.92. The predicted molar refractivity (Wildman–Crippen MR) is 143 cm³/mol. The first-order chi connectivity index (χ1) is 18.5. The lowest BCUT2D eigenvalue weighted by Gasteiger charge is -2.34. The Morgan fingerprint density at radius 3 is 2.42 bits per heavy atom. The number of nitrogens with one attached hydrogen (secondary N) is 1. The minimum absolute atomic E-state index is 0.162. The molecule has 1 atom stereocenters. The van der Waals surface area contributed by atoms with Crippen LogP contribution in [0.3, 0.4) is 0 Å². The van der Waals surface area contributed by atoms with Gasteiger partial charge in [0, 0.05) is 48.0 Å². The van der Waals surface area contributed by atoms with Crippen molar-refractivity contribution < 1.29 is 23.9 Å². The van der Waals surface area contributed by atoms with Crippen LogP contribution < -0.4 is 15.1 Å². The fourth-order valence-corrected chi connectivity index (χ4v) is 5.92. The molecule has 8 heteroatoms. The van der Waals surface area contributed by atoms with Gasteiger partial charge in [0.2, 0.25) is 11.8 Å². The second-order valence-electron chi connectivity index (χ2n) is 10.3. The van der Waals surface area contributed by atoms with Crippen LogP contribution in [0.4, 0.5) is 11.4 Å². The molecule has 194 valence electrons. The van der Waals surface area contributed by atoms with Crippen molar-refractivity contribution in [2.24, 2.45) is 5.92 Å². The molecule has 8 nitrogen and oxygen atoms in total. The molecule has 0 aromatic heterocycles. The van der Waals surface area contributed by atoms with Crippen LogP contribution in [0.15, 0.2) is 60.7 Å². The third kappa shape index (κ3) is 4.40. The molecule has 38 heavy (non-hydrogen) atoms. The SMILES string of the molecule is O=C1CCC(N2C(=O)c3cccc4c(N5CCC(CC(=O)OCc6ccccc6)CC5)ccc2c34)C(=O)N1. The third-order valence-electron chi connectivity index (χ3n) is 7.88. The summed E-state index contributed by atoms with van der Waals surface area (Å²) in [6, 6.07) is 18.6. The van der Waals surface area contributed by atoms with E-state index in [4.69, 9.17) is 4.74 Å². The van der Waals surface area contributed by atoms with Crippen LogP contribution in [-0.4, -0.2) is 42.8 Å². The zero-order chi connectivity index (χ0) is 26.2. The van der Waals surface area contributed by atoms with Crippen LogP contribution in [0.5, 0.6) is 0 Å². The van der Waals surface area contributed by atoms with Gasteiger partial charge in [-0.3, -0.25) is 29.4 Å². The number of piperidine rings is 2. The Hall–Kier alpha value is -4.20. The highest BCUT2D eigenvalue weighted by Crippen LogP contribution is 2.44. The number of benzene rings is 3. The Kier molecular flexibility index (Phi) is 6.31. The molecule has 3 aliphatic heterocycles. The molecule has 1 N–H and O–H groups in total. The zero-order valence-corrected chi connectivity index (χ0v) is 21.0. The van der Waals surface area contributed by atoms with Crippen molar-refractivity contribution in [3.05, 3.63) is 71.8 Å². The van der Waals surface area contributed by atoms with E-state index in [9.17, 15) is 19.2 Å². The Morgan fingerprint density at radius 1 is 0.895 bits per heavy atom. The first kappa shape index (κ1) is 24.2. The Balaban J connectivity index is 1.15. The van der Waals surface area contributed by atoms with Crippen LogP contribution in [-0.2, 0) is 25.7 Å². The lowest BCUT2D eigenvalue weighted by atomic mass is 9.92. The van der Waals surface area contributed by atoms with Gasteiger partial charge in [-0.15, -0.1) is 0 Å². The summed E-state index contributed by atoms with van der Waals surface area (Å²) in [4.78, 5) is 53.9. The molecule has 6 rings (SSSR count). The molecular formula is C30H29N3O5. The number of anilines is 2. The van der Waals surface area contributed by atoms with Gasteiger partial charge >= 0.3 is 5.97 Å². The molecule has 3 amide bonds. The highest BCUT2D eigenvalue weighted by molar-refractivity contribution is 6.28. The first-order valence-corrected chi connectivity index (χ1v) is 13.2. The molecule has 0 bridgehead atoms. The summed E-state index contributed by atoms with van der Waals surface area (Å²) < 4.78 is 5.48. The summed E-state index contributed by atoms with van der Waals surface area (Å²) in [6.07, 6.45) is 2.71. The van der Waals surface area contributed by atoms with Crippen molar-refractivity contribution in [2.45, 2.75) is 44.8 Å². The monoisotopic (exact) mass is 511 g/mol. The van der Waals surface area contributed by atoms with Gasteiger partial charge in [-0.05, 0) is 48.9 Å². The topological polar surface area (TPSA) is 96.0 Å².